The minimum absolute atomic E-state index is 0.0631. The van der Waals surface area contributed by atoms with Crippen LogP contribution < -0.4 is 9.64 Å². The molecule has 0 spiro atoms. The van der Waals surface area contributed by atoms with E-state index in [1.807, 2.05) is 35.2 Å². The van der Waals surface area contributed by atoms with Crippen LogP contribution in [0.1, 0.15) is 12.0 Å². The van der Waals surface area contributed by atoms with Crippen LogP contribution in [0.25, 0.3) is 0 Å². The summed E-state index contributed by atoms with van der Waals surface area (Å²) in [6, 6.07) is 14.2. The molecule has 2 aromatic carbocycles. The minimum atomic E-state index is -0.493. The van der Waals surface area contributed by atoms with E-state index in [2.05, 4.69) is 0 Å². The first-order valence-electron chi connectivity index (χ1n) is 6.48. The van der Waals surface area contributed by atoms with Crippen molar-refractivity contribution in [3.8, 4) is 11.8 Å². The second-order valence-corrected chi connectivity index (χ2v) is 4.60. The highest BCUT2D eigenvalue weighted by Gasteiger charge is 2.18. The maximum absolute atomic E-state index is 13.8. The normalized spacial score (nSPS) is 13.9. The molecule has 0 saturated heterocycles. The summed E-state index contributed by atoms with van der Waals surface area (Å²) in [5, 5.41) is 8.80. The molecular weight excluding hydrogens is 255 g/mol. The SMILES string of the molecule is N#Cc1ccc(N2CCCOc3ccccc32)cc1F. The van der Waals surface area contributed by atoms with Gasteiger partial charge in [0.2, 0.25) is 0 Å². The zero-order chi connectivity index (χ0) is 13.9. The Bertz CT molecular complexity index is 678. The molecule has 0 fully saturated rings. The van der Waals surface area contributed by atoms with E-state index < -0.39 is 5.82 Å². The number of hydrogen-bond acceptors (Lipinski definition) is 3. The highest BCUT2D eigenvalue weighted by molar-refractivity contribution is 5.70. The van der Waals surface area contributed by atoms with E-state index in [0.717, 1.165) is 30.1 Å². The summed E-state index contributed by atoms with van der Waals surface area (Å²) in [7, 11) is 0. The van der Waals surface area contributed by atoms with Gasteiger partial charge in [-0.3, -0.25) is 0 Å². The molecule has 0 bridgehead atoms. The van der Waals surface area contributed by atoms with Crippen molar-refractivity contribution < 1.29 is 9.13 Å². The summed E-state index contributed by atoms with van der Waals surface area (Å²) in [6.07, 6.45) is 0.857. The molecule has 0 unspecified atom stereocenters. The summed E-state index contributed by atoms with van der Waals surface area (Å²) in [4.78, 5) is 2.02. The number of para-hydroxylation sites is 2. The first kappa shape index (κ1) is 12.5. The number of rotatable bonds is 1. The van der Waals surface area contributed by atoms with Crippen LogP contribution in [0.2, 0.25) is 0 Å². The Balaban J connectivity index is 2.06. The Morgan fingerprint density at radius 1 is 1.20 bits per heavy atom. The summed E-state index contributed by atoms with van der Waals surface area (Å²) >= 11 is 0. The average Bonchev–Trinajstić information content (AvgIpc) is 2.69. The van der Waals surface area contributed by atoms with E-state index in [-0.39, 0.29) is 5.56 Å². The van der Waals surface area contributed by atoms with Gasteiger partial charge >= 0.3 is 0 Å². The minimum Gasteiger partial charge on any atom is -0.491 e. The highest BCUT2D eigenvalue weighted by Crippen LogP contribution is 2.36. The fourth-order valence-electron chi connectivity index (χ4n) is 2.36. The molecule has 1 aliphatic rings. The van der Waals surface area contributed by atoms with Gasteiger partial charge in [-0.15, -0.1) is 0 Å². The maximum atomic E-state index is 13.8. The van der Waals surface area contributed by atoms with Crippen LogP contribution in [0.4, 0.5) is 15.8 Å². The third-order valence-corrected chi connectivity index (χ3v) is 3.32. The molecule has 3 nitrogen and oxygen atoms in total. The van der Waals surface area contributed by atoms with Crippen molar-refractivity contribution >= 4 is 11.4 Å². The van der Waals surface area contributed by atoms with Crippen molar-refractivity contribution in [1.82, 2.24) is 0 Å². The first-order chi connectivity index (χ1) is 9.79. The lowest BCUT2D eigenvalue weighted by Gasteiger charge is -2.24. The lowest BCUT2D eigenvalue weighted by molar-refractivity contribution is 0.322. The second kappa shape index (κ2) is 5.22. The summed E-state index contributed by atoms with van der Waals surface area (Å²) in [5.74, 6) is 0.308. The molecular formula is C16H13FN2O. The number of halogens is 1. The Labute approximate surface area is 116 Å². The van der Waals surface area contributed by atoms with E-state index in [1.54, 1.807) is 6.07 Å². The van der Waals surface area contributed by atoms with Gasteiger partial charge in [0.25, 0.3) is 0 Å². The first-order valence-corrected chi connectivity index (χ1v) is 6.48. The van der Waals surface area contributed by atoms with Crippen molar-refractivity contribution in [3.05, 3.63) is 53.8 Å². The quantitative estimate of drug-likeness (QED) is 0.792. The van der Waals surface area contributed by atoms with E-state index in [4.69, 9.17) is 10.00 Å². The molecule has 0 atom stereocenters. The Morgan fingerprint density at radius 2 is 2.05 bits per heavy atom. The lowest BCUT2D eigenvalue weighted by atomic mass is 10.1. The van der Waals surface area contributed by atoms with Gasteiger partial charge in [0.1, 0.15) is 17.6 Å². The molecule has 2 aromatic rings. The zero-order valence-electron chi connectivity index (χ0n) is 10.8. The monoisotopic (exact) mass is 268 g/mol. The van der Waals surface area contributed by atoms with Crippen molar-refractivity contribution in [1.29, 1.82) is 5.26 Å². The number of nitriles is 1. The number of fused-ring (bicyclic) bond motifs is 1. The Kier molecular flexibility index (Phi) is 3.26. The lowest BCUT2D eigenvalue weighted by Crippen LogP contribution is -2.17. The largest absolute Gasteiger partial charge is 0.491 e. The van der Waals surface area contributed by atoms with Crippen LogP contribution in [0.3, 0.4) is 0 Å². The van der Waals surface area contributed by atoms with Gasteiger partial charge in [-0.25, -0.2) is 4.39 Å². The topological polar surface area (TPSA) is 36.3 Å². The fourth-order valence-corrected chi connectivity index (χ4v) is 2.36. The third-order valence-electron chi connectivity index (χ3n) is 3.32. The van der Waals surface area contributed by atoms with Crippen molar-refractivity contribution in [2.75, 3.05) is 18.1 Å². The molecule has 1 aliphatic heterocycles. The van der Waals surface area contributed by atoms with Crippen LogP contribution in [-0.2, 0) is 0 Å². The van der Waals surface area contributed by atoms with Crippen LogP contribution in [0.5, 0.6) is 5.75 Å². The molecule has 20 heavy (non-hydrogen) atoms. The predicted molar refractivity (Wildman–Crippen MR) is 74.7 cm³/mol. The number of anilines is 2. The van der Waals surface area contributed by atoms with Gasteiger partial charge in [-0.2, -0.15) is 5.26 Å². The smallest absolute Gasteiger partial charge is 0.143 e. The van der Waals surface area contributed by atoms with Crippen molar-refractivity contribution in [2.45, 2.75) is 6.42 Å². The van der Waals surface area contributed by atoms with E-state index in [0.29, 0.717) is 6.61 Å². The standard InChI is InChI=1S/C16H13FN2O/c17-14-10-13(7-6-12(14)11-18)19-8-3-9-20-16-5-2-1-4-15(16)19/h1-2,4-7,10H,3,8-9H2. The molecule has 0 N–H and O–H groups in total. The zero-order valence-corrected chi connectivity index (χ0v) is 10.8. The highest BCUT2D eigenvalue weighted by atomic mass is 19.1. The second-order valence-electron chi connectivity index (χ2n) is 4.60. The van der Waals surface area contributed by atoms with Crippen LogP contribution in [0, 0.1) is 17.1 Å². The molecule has 0 saturated carbocycles. The predicted octanol–water partition coefficient (Wildman–Crippen LogP) is 3.62. The molecule has 0 aliphatic carbocycles. The van der Waals surface area contributed by atoms with Gasteiger partial charge < -0.3 is 9.64 Å². The Morgan fingerprint density at radius 3 is 2.85 bits per heavy atom. The Hall–Kier alpha value is -2.54. The summed E-state index contributed by atoms with van der Waals surface area (Å²) < 4.78 is 19.5. The van der Waals surface area contributed by atoms with Crippen LogP contribution >= 0.6 is 0 Å². The van der Waals surface area contributed by atoms with Gasteiger partial charge in [0.05, 0.1) is 17.9 Å². The summed E-state index contributed by atoms with van der Waals surface area (Å²) in [6.45, 7) is 1.40. The van der Waals surface area contributed by atoms with E-state index >= 15 is 0 Å². The molecule has 3 rings (SSSR count). The van der Waals surface area contributed by atoms with Crippen LogP contribution in [-0.4, -0.2) is 13.2 Å². The van der Waals surface area contributed by atoms with Gasteiger partial charge in [-0.1, -0.05) is 12.1 Å². The number of benzene rings is 2. The molecule has 0 amide bonds. The van der Waals surface area contributed by atoms with Crippen LogP contribution in [0.15, 0.2) is 42.5 Å². The van der Waals surface area contributed by atoms with Gasteiger partial charge in [0.15, 0.2) is 0 Å². The molecule has 0 aromatic heterocycles. The molecule has 1 heterocycles. The summed E-state index contributed by atoms with van der Waals surface area (Å²) in [5.41, 5.74) is 1.72. The molecule has 100 valence electrons. The number of hydrogen-bond donors (Lipinski definition) is 0. The number of nitrogens with zero attached hydrogens (tertiary/aromatic N) is 2. The maximum Gasteiger partial charge on any atom is 0.143 e. The third kappa shape index (κ3) is 2.19. The van der Waals surface area contributed by atoms with Gasteiger partial charge in [0, 0.05) is 12.2 Å². The average molecular weight is 268 g/mol. The van der Waals surface area contributed by atoms with Crippen molar-refractivity contribution in [2.24, 2.45) is 0 Å². The molecule has 0 radical (unpaired) electrons. The van der Waals surface area contributed by atoms with Gasteiger partial charge in [-0.05, 0) is 36.8 Å². The van der Waals surface area contributed by atoms with E-state index in [9.17, 15) is 4.39 Å². The molecule has 4 heteroatoms. The fraction of sp³-hybridized carbons (Fsp3) is 0.188. The van der Waals surface area contributed by atoms with E-state index in [1.165, 1.54) is 12.1 Å². The van der Waals surface area contributed by atoms with Crippen molar-refractivity contribution in [3.63, 3.8) is 0 Å². The number of ether oxygens (including phenoxy) is 1.